The second kappa shape index (κ2) is 7.25. The molecule has 0 atom stereocenters. The predicted octanol–water partition coefficient (Wildman–Crippen LogP) is 2.33. The van der Waals surface area contributed by atoms with Crippen LogP contribution in [0.2, 0.25) is 0 Å². The van der Waals surface area contributed by atoms with Crippen LogP contribution in [0.4, 0.5) is 0 Å². The predicted molar refractivity (Wildman–Crippen MR) is 88.3 cm³/mol. The zero-order valence-corrected chi connectivity index (χ0v) is 14.4. The normalized spacial score (nSPS) is 10.8. The number of rotatable bonds is 6. The van der Waals surface area contributed by atoms with Crippen molar-refractivity contribution in [1.82, 2.24) is 25.2 Å². The molecule has 0 saturated carbocycles. The lowest BCUT2D eigenvalue weighted by atomic mass is 10.1. The van der Waals surface area contributed by atoms with E-state index in [-0.39, 0.29) is 12.5 Å². The molecule has 3 aromatic rings. The fourth-order valence-corrected chi connectivity index (χ4v) is 2.51. The molecule has 3 aromatic heterocycles. The van der Waals surface area contributed by atoms with Gasteiger partial charge in [-0.2, -0.15) is 4.98 Å². The molecule has 0 aromatic carbocycles. The molecule has 0 fully saturated rings. The van der Waals surface area contributed by atoms with Crippen LogP contribution in [0.25, 0.3) is 11.4 Å². The number of hydrogen-bond acceptors (Lipinski definition) is 7. The maximum Gasteiger partial charge on any atom is 0.246 e. The highest BCUT2D eigenvalue weighted by atomic mass is 16.5. The Morgan fingerprint density at radius 3 is 2.60 bits per heavy atom. The summed E-state index contributed by atoms with van der Waals surface area (Å²) in [7, 11) is 1.71. The average molecular weight is 341 g/mol. The van der Waals surface area contributed by atoms with Crippen molar-refractivity contribution in [2.24, 2.45) is 0 Å². The molecule has 0 aliphatic heterocycles. The number of nitrogens with zero attached hydrogens (tertiary/aromatic N) is 5. The highest BCUT2D eigenvalue weighted by molar-refractivity contribution is 5.76. The first-order valence-corrected chi connectivity index (χ1v) is 7.93. The molecule has 0 saturated heterocycles. The molecule has 8 nitrogen and oxygen atoms in total. The van der Waals surface area contributed by atoms with Crippen molar-refractivity contribution in [3.05, 3.63) is 47.4 Å². The SMILES string of the molecule is Cc1noc(C)c1CCC(=O)N(C)Cc1nc(-c2ccncc2)no1. The van der Waals surface area contributed by atoms with Gasteiger partial charge in [0.15, 0.2) is 0 Å². The van der Waals surface area contributed by atoms with Gasteiger partial charge in [0.1, 0.15) is 5.76 Å². The van der Waals surface area contributed by atoms with Crippen LogP contribution in [0, 0.1) is 13.8 Å². The highest BCUT2D eigenvalue weighted by Crippen LogP contribution is 2.16. The summed E-state index contributed by atoms with van der Waals surface area (Å²) in [6, 6.07) is 3.60. The van der Waals surface area contributed by atoms with Crippen LogP contribution in [0.5, 0.6) is 0 Å². The molecule has 0 unspecified atom stereocenters. The second-order valence-electron chi connectivity index (χ2n) is 5.80. The number of pyridine rings is 1. The minimum atomic E-state index is -0.0105. The van der Waals surface area contributed by atoms with E-state index in [1.807, 2.05) is 13.8 Å². The summed E-state index contributed by atoms with van der Waals surface area (Å²) >= 11 is 0. The number of aromatic nitrogens is 4. The summed E-state index contributed by atoms with van der Waals surface area (Å²) in [6.07, 6.45) is 4.28. The van der Waals surface area contributed by atoms with Crippen LogP contribution < -0.4 is 0 Å². The van der Waals surface area contributed by atoms with E-state index in [9.17, 15) is 4.79 Å². The van der Waals surface area contributed by atoms with Crippen molar-refractivity contribution in [3.8, 4) is 11.4 Å². The Balaban J connectivity index is 1.58. The lowest BCUT2D eigenvalue weighted by Gasteiger charge is -2.14. The van der Waals surface area contributed by atoms with E-state index in [1.54, 1.807) is 36.5 Å². The van der Waals surface area contributed by atoms with E-state index in [0.29, 0.717) is 24.6 Å². The van der Waals surface area contributed by atoms with Gasteiger partial charge in [-0.25, -0.2) is 0 Å². The van der Waals surface area contributed by atoms with Crippen molar-refractivity contribution in [1.29, 1.82) is 0 Å². The van der Waals surface area contributed by atoms with E-state index in [4.69, 9.17) is 9.05 Å². The van der Waals surface area contributed by atoms with Gasteiger partial charge in [0, 0.05) is 37.0 Å². The van der Waals surface area contributed by atoms with E-state index in [0.717, 1.165) is 22.6 Å². The van der Waals surface area contributed by atoms with Crippen molar-refractivity contribution in [2.75, 3.05) is 7.05 Å². The second-order valence-corrected chi connectivity index (χ2v) is 5.80. The molecule has 130 valence electrons. The third-order valence-electron chi connectivity index (χ3n) is 3.97. The molecule has 0 bridgehead atoms. The topological polar surface area (TPSA) is 98.2 Å². The molecule has 3 heterocycles. The summed E-state index contributed by atoms with van der Waals surface area (Å²) in [6.45, 7) is 3.99. The first-order chi connectivity index (χ1) is 12.0. The van der Waals surface area contributed by atoms with Gasteiger partial charge < -0.3 is 13.9 Å². The summed E-state index contributed by atoms with van der Waals surface area (Å²) < 4.78 is 10.3. The molecule has 1 amide bonds. The van der Waals surface area contributed by atoms with E-state index >= 15 is 0 Å². The first kappa shape index (κ1) is 16.8. The number of amides is 1. The first-order valence-electron chi connectivity index (χ1n) is 7.93. The van der Waals surface area contributed by atoms with Crippen molar-refractivity contribution >= 4 is 5.91 Å². The molecular formula is C17H19N5O3. The molecular weight excluding hydrogens is 322 g/mol. The summed E-state index contributed by atoms with van der Waals surface area (Å²) in [5, 5.41) is 7.84. The Labute approximate surface area is 144 Å². The molecule has 0 N–H and O–H groups in total. The van der Waals surface area contributed by atoms with E-state index < -0.39 is 0 Å². The Hall–Kier alpha value is -3.03. The number of aryl methyl sites for hydroxylation is 2. The van der Waals surface area contributed by atoms with Crippen molar-refractivity contribution in [3.63, 3.8) is 0 Å². The monoisotopic (exact) mass is 341 g/mol. The van der Waals surface area contributed by atoms with Gasteiger partial charge in [-0.1, -0.05) is 10.3 Å². The van der Waals surface area contributed by atoms with Gasteiger partial charge in [0.25, 0.3) is 0 Å². The Kier molecular flexibility index (Phi) is 4.87. The standard InChI is InChI=1S/C17H19N5O3/c1-11-14(12(2)24-20-11)4-5-16(23)22(3)10-15-19-17(21-25-15)13-6-8-18-9-7-13/h6-9H,4-5,10H2,1-3H3. The fraction of sp³-hybridized carbons (Fsp3) is 0.353. The number of carbonyl (C=O) groups is 1. The van der Waals surface area contributed by atoms with Gasteiger partial charge in [-0.3, -0.25) is 9.78 Å². The minimum Gasteiger partial charge on any atom is -0.361 e. The summed E-state index contributed by atoms with van der Waals surface area (Å²) in [4.78, 5) is 22.2. The molecule has 0 aliphatic rings. The number of hydrogen-bond donors (Lipinski definition) is 0. The van der Waals surface area contributed by atoms with Crippen LogP contribution in [-0.2, 0) is 17.8 Å². The third-order valence-corrected chi connectivity index (χ3v) is 3.97. The van der Waals surface area contributed by atoms with Crippen LogP contribution in [-0.4, -0.2) is 38.1 Å². The van der Waals surface area contributed by atoms with Crippen LogP contribution in [0.15, 0.2) is 33.6 Å². The zero-order chi connectivity index (χ0) is 17.8. The lowest BCUT2D eigenvalue weighted by Crippen LogP contribution is -2.26. The van der Waals surface area contributed by atoms with Crippen molar-refractivity contribution in [2.45, 2.75) is 33.2 Å². The molecule has 3 rings (SSSR count). The molecule has 0 spiro atoms. The average Bonchev–Trinajstić information content (AvgIpc) is 3.21. The fourth-order valence-electron chi connectivity index (χ4n) is 2.51. The van der Waals surface area contributed by atoms with E-state index in [2.05, 4.69) is 20.3 Å². The third kappa shape index (κ3) is 3.90. The van der Waals surface area contributed by atoms with Crippen LogP contribution in [0.3, 0.4) is 0 Å². The minimum absolute atomic E-state index is 0.0105. The van der Waals surface area contributed by atoms with Crippen LogP contribution in [0.1, 0.15) is 29.3 Å². The zero-order valence-electron chi connectivity index (χ0n) is 14.4. The quantitative estimate of drug-likeness (QED) is 0.678. The molecule has 25 heavy (non-hydrogen) atoms. The Bertz CT molecular complexity index is 837. The maximum absolute atomic E-state index is 12.3. The maximum atomic E-state index is 12.3. The summed E-state index contributed by atoms with van der Waals surface area (Å²) in [5.74, 6) is 1.62. The van der Waals surface area contributed by atoms with Crippen molar-refractivity contribution < 1.29 is 13.8 Å². The molecule has 0 radical (unpaired) electrons. The smallest absolute Gasteiger partial charge is 0.246 e. The summed E-state index contributed by atoms with van der Waals surface area (Å²) in [5.41, 5.74) is 2.63. The van der Waals surface area contributed by atoms with Crippen LogP contribution >= 0.6 is 0 Å². The van der Waals surface area contributed by atoms with Gasteiger partial charge in [0.2, 0.25) is 17.6 Å². The van der Waals surface area contributed by atoms with E-state index in [1.165, 1.54) is 0 Å². The van der Waals surface area contributed by atoms with Gasteiger partial charge >= 0.3 is 0 Å². The Morgan fingerprint density at radius 1 is 1.16 bits per heavy atom. The van der Waals surface area contributed by atoms with Gasteiger partial charge in [-0.15, -0.1) is 0 Å². The number of carbonyl (C=O) groups excluding carboxylic acids is 1. The lowest BCUT2D eigenvalue weighted by molar-refractivity contribution is -0.130. The molecule has 0 aliphatic carbocycles. The van der Waals surface area contributed by atoms with Gasteiger partial charge in [-0.05, 0) is 32.4 Å². The highest BCUT2D eigenvalue weighted by Gasteiger charge is 2.16. The van der Waals surface area contributed by atoms with Gasteiger partial charge in [0.05, 0.1) is 12.2 Å². The molecule has 8 heteroatoms. The largest absolute Gasteiger partial charge is 0.361 e. The Morgan fingerprint density at radius 2 is 1.92 bits per heavy atom.